The second-order valence-corrected chi connectivity index (χ2v) is 8.10. The van der Waals surface area contributed by atoms with E-state index in [0.717, 1.165) is 43.6 Å². The number of hydrogen-bond acceptors (Lipinski definition) is 10. The van der Waals surface area contributed by atoms with E-state index in [1.54, 1.807) is 24.8 Å². The van der Waals surface area contributed by atoms with Gasteiger partial charge in [0.15, 0.2) is 0 Å². The summed E-state index contributed by atoms with van der Waals surface area (Å²) in [7, 11) is -5.17. The van der Waals surface area contributed by atoms with Gasteiger partial charge in [-0.2, -0.15) is 0 Å². The van der Waals surface area contributed by atoms with Gasteiger partial charge in [-0.25, -0.2) is 0 Å². The van der Waals surface area contributed by atoms with Crippen molar-refractivity contribution in [2.24, 2.45) is 0 Å². The van der Waals surface area contributed by atoms with Crippen LogP contribution < -0.4 is 0 Å². The zero-order valence-corrected chi connectivity index (χ0v) is 21.5. The first-order valence-corrected chi connectivity index (χ1v) is 12.2. The monoisotopic (exact) mass is 576 g/mol. The van der Waals surface area contributed by atoms with Gasteiger partial charge >= 0.3 is 16.5 Å². The number of aliphatic hydroxyl groups is 2. The minimum absolute atomic E-state index is 0. The second kappa shape index (κ2) is 14.9. The Balaban J connectivity index is 0.000000201. The third-order valence-electron chi connectivity index (χ3n) is 4.79. The van der Waals surface area contributed by atoms with Crippen LogP contribution in [0.3, 0.4) is 0 Å². The predicted octanol–water partition coefficient (Wildman–Crippen LogP) is 3.20. The third-order valence-corrected chi connectivity index (χ3v) is 4.79. The van der Waals surface area contributed by atoms with Crippen LogP contribution in [0, 0.1) is 0 Å². The van der Waals surface area contributed by atoms with Crippen molar-refractivity contribution >= 4 is 54.0 Å². The van der Waals surface area contributed by atoms with Crippen LogP contribution in [0.25, 0.3) is 43.6 Å². The topological polar surface area (TPSA) is 172 Å². The van der Waals surface area contributed by atoms with Gasteiger partial charge in [0, 0.05) is 56.7 Å². The molecule has 0 radical (unpaired) electrons. The molecule has 0 aliphatic carbocycles. The molecule has 2 N–H and O–H groups in total. The van der Waals surface area contributed by atoms with Gasteiger partial charge in [-0.1, -0.05) is 48.5 Å². The van der Waals surface area contributed by atoms with E-state index >= 15 is 0 Å². The Kier molecular flexibility index (Phi) is 12.0. The van der Waals surface area contributed by atoms with Crippen LogP contribution in [0.4, 0.5) is 0 Å². The molecule has 0 aliphatic heterocycles. The third kappa shape index (κ3) is 9.03. The summed E-state index contributed by atoms with van der Waals surface area (Å²) >= 11 is 0. The van der Waals surface area contributed by atoms with Crippen molar-refractivity contribution in [1.29, 1.82) is 0 Å². The zero-order valence-electron chi connectivity index (χ0n) is 19.7. The van der Waals surface area contributed by atoms with Gasteiger partial charge in [0.2, 0.25) is 0 Å². The van der Waals surface area contributed by atoms with Crippen molar-refractivity contribution in [3.8, 4) is 0 Å². The average molecular weight is 577 g/mol. The molecule has 2 aromatic carbocycles. The fourth-order valence-corrected chi connectivity index (χ4v) is 3.36. The Morgan fingerprint density at radius 1 is 0.526 bits per heavy atom. The summed E-state index contributed by atoms with van der Waals surface area (Å²) in [5.41, 5.74) is 3.91. The van der Waals surface area contributed by atoms with Crippen molar-refractivity contribution in [2.45, 2.75) is 0 Å². The Morgan fingerprint density at radius 3 is 0.921 bits per heavy atom. The summed E-state index contributed by atoms with van der Waals surface area (Å²) in [6.07, 6.45) is 7.21. The summed E-state index contributed by atoms with van der Waals surface area (Å²) in [4.78, 5) is 17.4. The number of rotatable bonds is 1. The molecule has 0 saturated heterocycles. The van der Waals surface area contributed by atoms with E-state index in [-0.39, 0.29) is 29.7 Å². The van der Waals surface area contributed by atoms with Gasteiger partial charge in [0.1, 0.15) is 0 Å². The number of hydrogen-bond donors (Lipinski definition) is 2. The van der Waals surface area contributed by atoms with Crippen LogP contribution in [0.2, 0.25) is 0 Å². The SMILES string of the molecule is O=S(=O)([O-])[O-].OCCO.[Ni+2].c1cnc2c(c1)ccc1cccnc12.c1cnc2c(c1)ccc1cccnc12. The van der Waals surface area contributed by atoms with Gasteiger partial charge in [-0.15, -0.1) is 0 Å². The molecular weight excluding hydrogens is 555 g/mol. The van der Waals surface area contributed by atoms with Crippen LogP contribution in [0.5, 0.6) is 0 Å². The molecule has 0 bridgehead atoms. The Morgan fingerprint density at radius 2 is 0.737 bits per heavy atom. The molecule has 12 heteroatoms. The fourth-order valence-electron chi connectivity index (χ4n) is 3.36. The number of aromatic nitrogens is 4. The van der Waals surface area contributed by atoms with Crippen LogP contribution in [-0.2, 0) is 26.9 Å². The number of aliphatic hydroxyl groups excluding tert-OH is 2. The quantitative estimate of drug-likeness (QED) is 0.128. The standard InChI is InChI=1S/2C12H8N2.C2H6O2.Ni.H2O4S/c2*1-3-9-5-6-10-4-2-8-14-12(10)11(9)13-7-1;3-1-2-4;;1-5(2,3)4/h2*1-8H;3-4H,1-2H2;;(H2,1,2,3,4)/q;;;+2;/p-2. The largest absolute Gasteiger partial charge is 2.00 e. The molecule has 4 heterocycles. The summed E-state index contributed by atoms with van der Waals surface area (Å²) in [5, 5.41) is 19.8. The van der Waals surface area contributed by atoms with Crippen LogP contribution in [0.1, 0.15) is 0 Å². The molecule has 0 amide bonds. The van der Waals surface area contributed by atoms with Crippen LogP contribution >= 0.6 is 0 Å². The van der Waals surface area contributed by atoms with Crippen molar-refractivity contribution in [3.63, 3.8) is 0 Å². The number of nitrogens with zero attached hydrogens (tertiary/aromatic N) is 4. The molecule has 198 valence electrons. The molecule has 0 spiro atoms. The summed E-state index contributed by atoms with van der Waals surface area (Å²) in [5.74, 6) is 0. The van der Waals surface area contributed by atoms with Crippen LogP contribution in [-0.4, -0.2) is 60.9 Å². The molecule has 0 atom stereocenters. The van der Waals surface area contributed by atoms with E-state index in [1.807, 2.05) is 24.3 Å². The molecule has 6 rings (SSSR count). The van der Waals surface area contributed by atoms with E-state index < -0.39 is 10.4 Å². The van der Waals surface area contributed by atoms with E-state index in [0.29, 0.717) is 0 Å². The minimum atomic E-state index is -5.17. The molecule has 10 nitrogen and oxygen atoms in total. The molecule has 6 aromatic rings. The minimum Gasteiger partial charge on any atom is -0.759 e. The zero-order chi connectivity index (χ0) is 26.7. The van der Waals surface area contributed by atoms with Crippen molar-refractivity contribution in [2.75, 3.05) is 13.2 Å². The van der Waals surface area contributed by atoms with Gasteiger partial charge in [0.05, 0.1) is 35.3 Å². The van der Waals surface area contributed by atoms with E-state index in [1.165, 1.54) is 0 Å². The smallest absolute Gasteiger partial charge is 0.759 e. The Hall–Kier alpha value is -3.64. The maximum Gasteiger partial charge on any atom is 2.00 e. The normalized spacial score (nSPS) is 10.3. The van der Waals surface area contributed by atoms with Gasteiger partial charge in [-0.05, 0) is 24.3 Å². The van der Waals surface area contributed by atoms with E-state index in [9.17, 15) is 0 Å². The summed E-state index contributed by atoms with van der Waals surface area (Å²) in [6.45, 7) is -0.250. The molecular formula is C26H22N4NiO6S. The number of fused-ring (bicyclic) bond motifs is 6. The Bertz CT molecular complexity index is 1490. The second-order valence-electron chi connectivity index (χ2n) is 7.29. The molecule has 0 aliphatic rings. The molecule has 0 unspecified atom stereocenters. The first kappa shape index (κ1) is 30.6. The van der Waals surface area contributed by atoms with Gasteiger partial charge in [-0.3, -0.25) is 28.4 Å². The maximum atomic E-state index is 8.52. The van der Waals surface area contributed by atoms with Gasteiger partial charge < -0.3 is 19.3 Å². The number of benzene rings is 2. The summed E-state index contributed by atoms with van der Waals surface area (Å²) < 4.78 is 34.1. The van der Waals surface area contributed by atoms with Crippen molar-refractivity contribution in [1.82, 2.24) is 19.9 Å². The van der Waals surface area contributed by atoms with Gasteiger partial charge in [0.25, 0.3) is 0 Å². The molecule has 4 aromatic heterocycles. The maximum absolute atomic E-state index is 8.52. The molecule has 0 saturated carbocycles. The Labute approximate surface area is 228 Å². The molecule has 38 heavy (non-hydrogen) atoms. The number of pyridine rings is 4. The fraction of sp³-hybridized carbons (Fsp3) is 0.0769. The average Bonchev–Trinajstić information content (AvgIpc) is 2.92. The predicted molar refractivity (Wildman–Crippen MR) is 139 cm³/mol. The van der Waals surface area contributed by atoms with Crippen molar-refractivity contribution < 1.29 is 44.2 Å². The first-order valence-electron chi connectivity index (χ1n) is 10.9. The molecule has 0 fully saturated rings. The summed E-state index contributed by atoms with van der Waals surface area (Å²) in [6, 6.07) is 24.3. The van der Waals surface area contributed by atoms with Crippen LogP contribution in [0.15, 0.2) is 97.6 Å². The van der Waals surface area contributed by atoms with E-state index in [2.05, 4.69) is 68.5 Å². The van der Waals surface area contributed by atoms with E-state index in [4.69, 9.17) is 27.7 Å². The van der Waals surface area contributed by atoms with Crippen molar-refractivity contribution in [3.05, 3.63) is 97.6 Å². The first-order chi connectivity index (χ1) is 17.8.